The van der Waals surface area contributed by atoms with Crippen molar-refractivity contribution in [1.82, 2.24) is 10.2 Å². The molecule has 1 aliphatic carbocycles. The number of hydrogen-bond acceptors (Lipinski definition) is 3. The highest BCUT2D eigenvalue weighted by molar-refractivity contribution is 5.95. The Labute approximate surface area is 137 Å². The number of amides is 2. The second-order valence-corrected chi connectivity index (χ2v) is 7.44. The minimum Gasteiger partial charge on any atom is -0.444 e. The van der Waals surface area contributed by atoms with E-state index in [9.17, 15) is 9.59 Å². The first-order chi connectivity index (χ1) is 10.8. The van der Waals surface area contributed by atoms with Crippen molar-refractivity contribution in [2.24, 2.45) is 17.8 Å². The van der Waals surface area contributed by atoms with Gasteiger partial charge in [0, 0.05) is 31.1 Å². The molecule has 0 aromatic heterocycles. The van der Waals surface area contributed by atoms with Gasteiger partial charge < -0.3 is 15.0 Å². The van der Waals surface area contributed by atoms with Crippen LogP contribution in [-0.2, 0) is 9.53 Å². The SMILES string of the molecule is CC(C)(C)OC(=O)N1CC2CNC(=O)C3=CC=CC=CC3C2C1. The van der Waals surface area contributed by atoms with Gasteiger partial charge in [0.2, 0.25) is 5.91 Å². The summed E-state index contributed by atoms with van der Waals surface area (Å²) >= 11 is 0. The van der Waals surface area contributed by atoms with E-state index in [0.29, 0.717) is 19.6 Å². The van der Waals surface area contributed by atoms with Crippen molar-refractivity contribution in [2.75, 3.05) is 19.6 Å². The number of likely N-dealkylation sites (tertiary alicyclic amines) is 1. The lowest BCUT2D eigenvalue weighted by atomic mass is 9.80. The van der Waals surface area contributed by atoms with Crippen molar-refractivity contribution in [1.29, 1.82) is 0 Å². The van der Waals surface area contributed by atoms with Crippen LogP contribution in [-0.4, -0.2) is 42.1 Å². The number of nitrogens with zero attached hydrogens (tertiary/aromatic N) is 1. The second kappa shape index (κ2) is 5.87. The Morgan fingerprint density at radius 1 is 1.26 bits per heavy atom. The van der Waals surface area contributed by atoms with Crippen molar-refractivity contribution in [3.05, 3.63) is 36.0 Å². The number of nitrogens with one attached hydrogen (secondary N) is 1. The first-order valence-electron chi connectivity index (χ1n) is 8.16. The Bertz CT molecular complexity index is 598. The van der Waals surface area contributed by atoms with Crippen molar-refractivity contribution < 1.29 is 14.3 Å². The maximum Gasteiger partial charge on any atom is 0.410 e. The second-order valence-electron chi connectivity index (χ2n) is 7.44. The minimum absolute atomic E-state index is 0.00409. The number of ether oxygens (including phenoxy) is 1. The number of carbonyl (C=O) groups excluding carboxylic acids is 2. The summed E-state index contributed by atoms with van der Waals surface area (Å²) in [6.07, 6.45) is 9.52. The van der Waals surface area contributed by atoms with E-state index in [1.54, 1.807) is 4.90 Å². The summed E-state index contributed by atoms with van der Waals surface area (Å²) in [5.74, 6) is 0.545. The van der Waals surface area contributed by atoms with Gasteiger partial charge >= 0.3 is 6.09 Å². The molecule has 3 aliphatic rings. The summed E-state index contributed by atoms with van der Waals surface area (Å²) in [6, 6.07) is 0. The molecule has 3 unspecified atom stereocenters. The van der Waals surface area contributed by atoms with Gasteiger partial charge in [0.15, 0.2) is 0 Å². The van der Waals surface area contributed by atoms with Crippen LogP contribution >= 0.6 is 0 Å². The molecule has 0 aromatic rings. The van der Waals surface area contributed by atoms with E-state index < -0.39 is 5.60 Å². The predicted octanol–water partition coefficient (Wildman–Crippen LogP) is 2.27. The summed E-state index contributed by atoms with van der Waals surface area (Å²) in [6.45, 7) is 7.49. The molecule has 0 bridgehead atoms. The Morgan fingerprint density at radius 3 is 2.78 bits per heavy atom. The summed E-state index contributed by atoms with van der Waals surface area (Å²) in [5.41, 5.74) is 0.293. The smallest absolute Gasteiger partial charge is 0.410 e. The summed E-state index contributed by atoms with van der Waals surface area (Å²) < 4.78 is 5.50. The third-order valence-electron chi connectivity index (χ3n) is 4.57. The van der Waals surface area contributed by atoms with Crippen LogP contribution in [0.3, 0.4) is 0 Å². The topological polar surface area (TPSA) is 58.6 Å². The predicted molar refractivity (Wildman–Crippen MR) is 87.6 cm³/mol. The van der Waals surface area contributed by atoms with Gasteiger partial charge in [-0.2, -0.15) is 0 Å². The number of hydrogen-bond donors (Lipinski definition) is 1. The van der Waals surface area contributed by atoms with Crippen LogP contribution in [0.2, 0.25) is 0 Å². The Morgan fingerprint density at radius 2 is 2.04 bits per heavy atom. The van der Waals surface area contributed by atoms with E-state index in [-0.39, 0.29) is 29.8 Å². The van der Waals surface area contributed by atoms with Gasteiger partial charge in [0.25, 0.3) is 0 Å². The van der Waals surface area contributed by atoms with Crippen molar-refractivity contribution in [2.45, 2.75) is 26.4 Å². The molecule has 1 N–H and O–H groups in total. The van der Waals surface area contributed by atoms with E-state index in [1.165, 1.54) is 0 Å². The maximum absolute atomic E-state index is 12.4. The number of rotatable bonds is 0. The quantitative estimate of drug-likeness (QED) is 0.746. The van der Waals surface area contributed by atoms with Gasteiger partial charge in [-0.3, -0.25) is 4.79 Å². The summed E-state index contributed by atoms with van der Waals surface area (Å²) in [4.78, 5) is 26.4. The summed E-state index contributed by atoms with van der Waals surface area (Å²) in [5, 5.41) is 3.00. The molecule has 0 radical (unpaired) electrons. The number of fused-ring (bicyclic) bond motifs is 3. The van der Waals surface area contributed by atoms with E-state index in [0.717, 1.165) is 5.57 Å². The maximum atomic E-state index is 12.4. The van der Waals surface area contributed by atoms with E-state index in [1.807, 2.05) is 45.1 Å². The molecular formula is C18H24N2O3. The molecule has 0 spiro atoms. The van der Waals surface area contributed by atoms with Gasteiger partial charge in [-0.25, -0.2) is 4.79 Å². The lowest BCUT2D eigenvalue weighted by Gasteiger charge is -2.25. The highest BCUT2D eigenvalue weighted by Gasteiger charge is 2.44. The molecule has 2 saturated heterocycles. The lowest BCUT2D eigenvalue weighted by Crippen LogP contribution is -2.37. The molecule has 23 heavy (non-hydrogen) atoms. The standard InChI is InChI=1S/C18H24N2O3/c1-18(2,3)23-17(22)20-10-12-9-19-16(21)14-8-6-4-5-7-13(14)15(12)11-20/h4-8,12-13,15H,9-11H2,1-3H3,(H,19,21). The Kier molecular flexibility index (Phi) is 4.04. The molecule has 5 heteroatoms. The van der Waals surface area contributed by atoms with Crippen molar-refractivity contribution in [3.63, 3.8) is 0 Å². The van der Waals surface area contributed by atoms with Gasteiger partial charge in [0.1, 0.15) is 5.60 Å². The van der Waals surface area contributed by atoms with Gasteiger partial charge in [-0.1, -0.05) is 30.4 Å². The molecule has 5 nitrogen and oxygen atoms in total. The average Bonchev–Trinajstić information content (AvgIpc) is 2.66. The first-order valence-corrected chi connectivity index (χ1v) is 8.16. The van der Waals surface area contributed by atoms with Crippen LogP contribution in [0, 0.1) is 17.8 Å². The van der Waals surface area contributed by atoms with E-state index in [4.69, 9.17) is 4.74 Å². The lowest BCUT2D eigenvalue weighted by molar-refractivity contribution is -0.117. The molecule has 0 saturated carbocycles. The minimum atomic E-state index is -0.493. The fourth-order valence-electron chi connectivity index (χ4n) is 3.54. The van der Waals surface area contributed by atoms with Gasteiger partial charge in [0.05, 0.1) is 0 Å². The molecule has 3 atom stereocenters. The van der Waals surface area contributed by atoms with Crippen LogP contribution in [0.25, 0.3) is 0 Å². The zero-order valence-electron chi connectivity index (χ0n) is 13.9. The van der Waals surface area contributed by atoms with Gasteiger partial charge in [-0.05, 0) is 32.6 Å². The normalized spacial score (nSPS) is 29.9. The first kappa shape index (κ1) is 15.8. The van der Waals surface area contributed by atoms with Crippen LogP contribution in [0.1, 0.15) is 20.8 Å². The highest BCUT2D eigenvalue weighted by Crippen LogP contribution is 2.37. The monoisotopic (exact) mass is 316 g/mol. The van der Waals surface area contributed by atoms with Crippen LogP contribution < -0.4 is 5.32 Å². The van der Waals surface area contributed by atoms with Crippen molar-refractivity contribution >= 4 is 12.0 Å². The Balaban J connectivity index is 1.80. The number of carbonyl (C=O) groups is 2. The van der Waals surface area contributed by atoms with Crippen LogP contribution in [0.15, 0.2) is 36.0 Å². The zero-order valence-corrected chi connectivity index (χ0v) is 13.9. The van der Waals surface area contributed by atoms with E-state index in [2.05, 4.69) is 11.4 Å². The zero-order chi connectivity index (χ0) is 16.6. The van der Waals surface area contributed by atoms with Crippen molar-refractivity contribution in [3.8, 4) is 0 Å². The molecule has 2 heterocycles. The third-order valence-corrected chi connectivity index (χ3v) is 4.57. The van der Waals surface area contributed by atoms with Gasteiger partial charge in [-0.15, -0.1) is 0 Å². The molecule has 0 aromatic carbocycles. The summed E-state index contributed by atoms with van der Waals surface area (Å²) in [7, 11) is 0. The average molecular weight is 316 g/mol. The fourth-order valence-corrected chi connectivity index (χ4v) is 3.54. The molecule has 3 rings (SSSR count). The fraction of sp³-hybridized carbons (Fsp3) is 0.556. The molecular weight excluding hydrogens is 292 g/mol. The molecule has 2 fully saturated rings. The highest BCUT2D eigenvalue weighted by atomic mass is 16.6. The third kappa shape index (κ3) is 3.33. The Hall–Kier alpha value is -2.04. The number of allylic oxidation sites excluding steroid dienone is 5. The van der Waals surface area contributed by atoms with Crippen LogP contribution in [0.5, 0.6) is 0 Å². The largest absolute Gasteiger partial charge is 0.444 e. The molecule has 124 valence electrons. The van der Waals surface area contributed by atoms with Crippen LogP contribution in [0.4, 0.5) is 4.79 Å². The molecule has 2 aliphatic heterocycles. The van der Waals surface area contributed by atoms with E-state index >= 15 is 0 Å². The molecule has 2 amide bonds.